The van der Waals surface area contributed by atoms with Gasteiger partial charge in [-0.2, -0.15) is 0 Å². The Labute approximate surface area is 162 Å². The minimum atomic E-state index is -0.0122. The topological polar surface area (TPSA) is 56.7 Å². The zero-order valence-corrected chi connectivity index (χ0v) is 16.3. The highest BCUT2D eigenvalue weighted by atomic mass is 32.2. The molecule has 0 aliphatic rings. The molecular weight excluding hydrogens is 356 g/mol. The first-order valence-corrected chi connectivity index (χ1v) is 9.66. The zero-order chi connectivity index (χ0) is 18.8. The van der Waals surface area contributed by atoms with E-state index in [4.69, 9.17) is 4.42 Å². The maximum Gasteiger partial charge on any atom is 0.247 e. The van der Waals surface area contributed by atoms with Gasteiger partial charge in [-0.25, -0.2) is 4.98 Å². The van der Waals surface area contributed by atoms with Crippen molar-refractivity contribution in [2.45, 2.75) is 31.2 Å². The molecule has 2 aromatic carbocycles. The van der Waals surface area contributed by atoms with Crippen molar-refractivity contribution in [3.8, 4) is 17.1 Å². The van der Waals surface area contributed by atoms with Crippen LogP contribution < -0.4 is 0 Å². The molecule has 27 heavy (non-hydrogen) atoms. The van der Waals surface area contributed by atoms with E-state index >= 15 is 0 Å². The van der Waals surface area contributed by atoms with E-state index in [2.05, 4.69) is 51.8 Å². The largest absolute Gasteiger partial charge is 0.419 e. The van der Waals surface area contributed by atoms with Crippen molar-refractivity contribution in [3.05, 3.63) is 77.9 Å². The standard InChI is InChI=1S/C21H20N4OS/c1-14-9-10-18(15(2)13-14)25-12-11-22-21(25)27-16(3)19-23-24-20(26-19)17-7-5-4-6-8-17/h4-13,16H,1-3H3. The van der Waals surface area contributed by atoms with Gasteiger partial charge < -0.3 is 4.42 Å². The molecule has 4 rings (SSSR count). The van der Waals surface area contributed by atoms with Crippen LogP contribution in [-0.4, -0.2) is 19.7 Å². The Hall–Kier alpha value is -2.86. The molecule has 0 aliphatic carbocycles. The summed E-state index contributed by atoms with van der Waals surface area (Å²) in [7, 11) is 0. The molecule has 0 radical (unpaired) electrons. The summed E-state index contributed by atoms with van der Waals surface area (Å²) in [5.41, 5.74) is 4.51. The fourth-order valence-corrected chi connectivity index (χ4v) is 3.85. The van der Waals surface area contributed by atoms with Gasteiger partial charge in [0.2, 0.25) is 11.8 Å². The Bertz CT molecular complexity index is 1060. The normalized spacial score (nSPS) is 12.3. The number of benzene rings is 2. The number of imidazole rings is 1. The van der Waals surface area contributed by atoms with Gasteiger partial charge >= 0.3 is 0 Å². The van der Waals surface area contributed by atoms with E-state index in [-0.39, 0.29) is 5.25 Å². The third kappa shape index (κ3) is 3.66. The molecule has 1 atom stereocenters. The smallest absolute Gasteiger partial charge is 0.247 e. The van der Waals surface area contributed by atoms with Crippen LogP contribution in [-0.2, 0) is 0 Å². The van der Waals surface area contributed by atoms with E-state index in [0.29, 0.717) is 11.8 Å². The fraction of sp³-hybridized carbons (Fsp3) is 0.190. The van der Waals surface area contributed by atoms with Gasteiger partial charge in [-0.15, -0.1) is 10.2 Å². The second kappa shape index (κ2) is 7.40. The summed E-state index contributed by atoms with van der Waals surface area (Å²) in [4.78, 5) is 4.52. The maximum atomic E-state index is 5.89. The van der Waals surface area contributed by atoms with E-state index in [1.54, 1.807) is 11.8 Å². The molecule has 1 unspecified atom stereocenters. The van der Waals surface area contributed by atoms with Gasteiger partial charge in [0.1, 0.15) is 0 Å². The number of hydrogen-bond donors (Lipinski definition) is 0. The quantitative estimate of drug-likeness (QED) is 0.437. The molecule has 0 spiro atoms. The van der Waals surface area contributed by atoms with E-state index in [9.17, 15) is 0 Å². The minimum Gasteiger partial charge on any atom is -0.419 e. The molecule has 136 valence electrons. The summed E-state index contributed by atoms with van der Waals surface area (Å²) in [5.74, 6) is 1.13. The lowest BCUT2D eigenvalue weighted by atomic mass is 10.1. The molecule has 4 aromatic rings. The third-order valence-corrected chi connectivity index (χ3v) is 5.38. The Morgan fingerprint density at radius 3 is 2.63 bits per heavy atom. The van der Waals surface area contributed by atoms with Crippen molar-refractivity contribution in [1.82, 2.24) is 19.7 Å². The first-order valence-electron chi connectivity index (χ1n) is 8.78. The van der Waals surface area contributed by atoms with Crippen LogP contribution in [0.2, 0.25) is 0 Å². The van der Waals surface area contributed by atoms with Crippen molar-refractivity contribution in [1.29, 1.82) is 0 Å². The summed E-state index contributed by atoms with van der Waals surface area (Å²) in [6.07, 6.45) is 3.80. The Morgan fingerprint density at radius 2 is 1.85 bits per heavy atom. The van der Waals surface area contributed by atoms with Crippen LogP contribution in [0.15, 0.2) is 70.5 Å². The molecule has 0 bridgehead atoms. The summed E-state index contributed by atoms with van der Waals surface area (Å²) in [6, 6.07) is 16.2. The first kappa shape index (κ1) is 17.5. The Morgan fingerprint density at radius 1 is 1.04 bits per heavy atom. The highest BCUT2D eigenvalue weighted by Gasteiger charge is 2.19. The van der Waals surface area contributed by atoms with Gasteiger partial charge in [0.15, 0.2) is 5.16 Å². The van der Waals surface area contributed by atoms with Gasteiger partial charge in [-0.1, -0.05) is 47.7 Å². The van der Waals surface area contributed by atoms with E-state index in [1.807, 2.05) is 49.6 Å². The number of hydrogen-bond acceptors (Lipinski definition) is 5. The van der Waals surface area contributed by atoms with Crippen molar-refractivity contribution < 1.29 is 4.42 Å². The van der Waals surface area contributed by atoms with E-state index < -0.39 is 0 Å². The summed E-state index contributed by atoms with van der Waals surface area (Å²) in [5, 5.41) is 9.30. The number of rotatable bonds is 5. The molecule has 0 aliphatic heterocycles. The molecule has 2 heterocycles. The SMILES string of the molecule is Cc1ccc(-n2ccnc2SC(C)c2nnc(-c3ccccc3)o2)c(C)c1. The summed E-state index contributed by atoms with van der Waals surface area (Å²) in [6.45, 7) is 6.26. The highest BCUT2D eigenvalue weighted by Crippen LogP contribution is 2.35. The van der Waals surface area contributed by atoms with Crippen LogP contribution in [0, 0.1) is 13.8 Å². The minimum absolute atomic E-state index is 0.0122. The van der Waals surface area contributed by atoms with Crippen LogP contribution in [0.25, 0.3) is 17.1 Å². The average Bonchev–Trinajstić information content (AvgIpc) is 3.32. The summed E-state index contributed by atoms with van der Waals surface area (Å²) < 4.78 is 7.99. The maximum absolute atomic E-state index is 5.89. The van der Waals surface area contributed by atoms with Crippen LogP contribution in [0.4, 0.5) is 0 Å². The monoisotopic (exact) mass is 376 g/mol. The van der Waals surface area contributed by atoms with Gasteiger partial charge in [0.25, 0.3) is 0 Å². The lowest BCUT2D eigenvalue weighted by Crippen LogP contribution is -2.00. The molecule has 0 fully saturated rings. The van der Waals surface area contributed by atoms with E-state index in [1.165, 1.54) is 11.1 Å². The molecule has 0 saturated heterocycles. The predicted molar refractivity (Wildman–Crippen MR) is 107 cm³/mol. The average molecular weight is 376 g/mol. The number of nitrogens with zero attached hydrogens (tertiary/aromatic N) is 4. The molecule has 5 nitrogen and oxygen atoms in total. The van der Waals surface area contributed by atoms with Crippen LogP contribution in [0.5, 0.6) is 0 Å². The van der Waals surface area contributed by atoms with Crippen LogP contribution in [0.1, 0.15) is 29.2 Å². The molecule has 0 amide bonds. The number of thioether (sulfide) groups is 1. The first-order chi connectivity index (χ1) is 13.1. The zero-order valence-electron chi connectivity index (χ0n) is 15.5. The second-order valence-corrected chi connectivity index (χ2v) is 7.75. The molecular formula is C21H20N4OS. The lowest BCUT2D eigenvalue weighted by Gasteiger charge is -2.12. The van der Waals surface area contributed by atoms with Gasteiger partial charge in [0, 0.05) is 18.0 Å². The van der Waals surface area contributed by atoms with Gasteiger partial charge in [0.05, 0.1) is 10.9 Å². The highest BCUT2D eigenvalue weighted by molar-refractivity contribution is 7.99. The predicted octanol–water partition coefficient (Wildman–Crippen LogP) is 5.39. The van der Waals surface area contributed by atoms with Crippen molar-refractivity contribution >= 4 is 11.8 Å². The molecule has 0 saturated carbocycles. The number of aromatic nitrogens is 4. The molecule has 0 N–H and O–H groups in total. The van der Waals surface area contributed by atoms with Crippen LogP contribution >= 0.6 is 11.8 Å². The third-order valence-electron chi connectivity index (χ3n) is 4.31. The summed E-state index contributed by atoms with van der Waals surface area (Å²) >= 11 is 1.60. The van der Waals surface area contributed by atoms with Gasteiger partial charge in [-0.05, 0) is 44.5 Å². The van der Waals surface area contributed by atoms with Crippen molar-refractivity contribution in [2.24, 2.45) is 0 Å². The molecule has 6 heteroatoms. The fourth-order valence-electron chi connectivity index (χ4n) is 2.94. The number of aryl methyl sites for hydroxylation is 2. The second-order valence-electron chi connectivity index (χ2n) is 6.44. The van der Waals surface area contributed by atoms with Gasteiger partial charge in [-0.3, -0.25) is 4.57 Å². The van der Waals surface area contributed by atoms with Crippen molar-refractivity contribution in [2.75, 3.05) is 0 Å². The molecule has 2 aromatic heterocycles. The Kier molecular flexibility index (Phi) is 4.81. The van der Waals surface area contributed by atoms with Crippen LogP contribution in [0.3, 0.4) is 0 Å². The van der Waals surface area contributed by atoms with Crippen molar-refractivity contribution in [3.63, 3.8) is 0 Å². The Balaban J connectivity index is 1.57. The lowest BCUT2D eigenvalue weighted by molar-refractivity contribution is 0.509. The van der Waals surface area contributed by atoms with E-state index in [0.717, 1.165) is 16.4 Å².